The Morgan fingerprint density at radius 2 is 2.20 bits per heavy atom. The van der Waals surface area contributed by atoms with Crippen LogP contribution in [0.1, 0.15) is 28.5 Å². The summed E-state index contributed by atoms with van der Waals surface area (Å²) in [6.45, 7) is 0. The van der Waals surface area contributed by atoms with Gasteiger partial charge in [-0.2, -0.15) is 0 Å². The second-order valence-corrected chi connectivity index (χ2v) is 6.17. The van der Waals surface area contributed by atoms with Crippen molar-refractivity contribution < 1.29 is 9.90 Å². The van der Waals surface area contributed by atoms with E-state index in [4.69, 9.17) is 0 Å². The first-order valence-corrected chi connectivity index (χ1v) is 7.63. The molecule has 1 aliphatic rings. The van der Waals surface area contributed by atoms with E-state index in [1.165, 1.54) is 4.88 Å². The molecule has 1 unspecified atom stereocenters. The molecule has 1 aromatic carbocycles. The number of hydrogen-bond donors (Lipinski definition) is 1. The van der Waals surface area contributed by atoms with Crippen LogP contribution >= 0.6 is 11.3 Å². The molecular weight excluding hydrogens is 270 g/mol. The van der Waals surface area contributed by atoms with E-state index in [0.29, 0.717) is 12.8 Å². The molecule has 0 spiro atoms. The van der Waals surface area contributed by atoms with Crippen LogP contribution in [-0.4, -0.2) is 18.1 Å². The number of carbonyl (C=O) groups excluding carboxylic acids is 1. The second-order valence-electron chi connectivity index (χ2n) is 5.14. The van der Waals surface area contributed by atoms with E-state index in [0.717, 1.165) is 23.2 Å². The van der Waals surface area contributed by atoms with Gasteiger partial charge in [-0.25, -0.2) is 0 Å². The van der Waals surface area contributed by atoms with Crippen LogP contribution < -0.4 is 4.90 Å². The lowest BCUT2D eigenvalue weighted by Gasteiger charge is -2.26. The van der Waals surface area contributed by atoms with Gasteiger partial charge in [0.1, 0.15) is 0 Å². The van der Waals surface area contributed by atoms with Crippen molar-refractivity contribution in [2.24, 2.45) is 0 Å². The third kappa shape index (κ3) is 2.49. The molecule has 0 aliphatic carbocycles. The largest absolute Gasteiger partial charge is 0.388 e. The van der Waals surface area contributed by atoms with E-state index in [-0.39, 0.29) is 5.91 Å². The fraction of sp³-hybridized carbons (Fsp3) is 0.312. The van der Waals surface area contributed by atoms with E-state index >= 15 is 0 Å². The van der Waals surface area contributed by atoms with Crippen LogP contribution in [0.25, 0.3) is 0 Å². The lowest BCUT2D eigenvalue weighted by molar-refractivity contribution is -0.118. The molecule has 1 aliphatic heterocycles. The number of rotatable bonds is 3. The van der Waals surface area contributed by atoms with Crippen molar-refractivity contribution in [1.82, 2.24) is 0 Å². The van der Waals surface area contributed by atoms with Crippen LogP contribution in [0.5, 0.6) is 0 Å². The number of benzene rings is 1. The molecule has 104 valence electrons. The second kappa shape index (κ2) is 5.38. The van der Waals surface area contributed by atoms with Crippen LogP contribution in [-0.2, 0) is 17.6 Å². The Labute approximate surface area is 122 Å². The molecule has 0 fully saturated rings. The number of aryl methyl sites for hydroxylation is 1. The first-order chi connectivity index (χ1) is 9.65. The molecule has 0 saturated heterocycles. The van der Waals surface area contributed by atoms with Gasteiger partial charge in [0.05, 0.1) is 6.10 Å². The summed E-state index contributed by atoms with van der Waals surface area (Å²) >= 11 is 1.66. The highest BCUT2D eigenvalue weighted by atomic mass is 32.1. The van der Waals surface area contributed by atoms with Gasteiger partial charge in [-0.1, -0.05) is 18.2 Å². The fourth-order valence-electron chi connectivity index (χ4n) is 2.62. The number of aliphatic hydroxyl groups excluding tert-OH is 1. The zero-order valence-electron chi connectivity index (χ0n) is 11.4. The summed E-state index contributed by atoms with van der Waals surface area (Å²) in [5, 5.41) is 12.4. The number of amides is 1. The minimum atomic E-state index is -0.484. The van der Waals surface area contributed by atoms with E-state index in [1.54, 1.807) is 16.2 Å². The first-order valence-electron chi connectivity index (χ1n) is 6.75. The zero-order chi connectivity index (χ0) is 14.1. The number of fused-ring (bicyclic) bond motifs is 1. The Morgan fingerprint density at radius 3 is 2.95 bits per heavy atom. The normalized spacial score (nSPS) is 16.1. The standard InChI is InChI=1S/C16H17NO2S/c1-17-14-6-4-12(9-11(14)5-7-16(17)19)15(18)10-13-3-2-8-20-13/h2-4,6,8-9,15,18H,5,7,10H2,1H3. The maximum Gasteiger partial charge on any atom is 0.227 e. The Kier molecular flexibility index (Phi) is 3.59. The Bertz CT molecular complexity index is 621. The van der Waals surface area contributed by atoms with E-state index in [1.807, 2.05) is 42.8 Å². The monoisotopic (exact) mass is 287 g/mol. The molecule has 1 atom stereocenters. The summed E-state index contributed by atoms with van der Waals surface area (Å²) in [5.41, 5.74) is 3.04. The lowest BCUT2D eigenvalue weighted by Crippen LogP contribution is -2.31. The van der Waals surface area contributed by atoms with Crippen molar-refractivity contribution in [3.8, 4) is 0 Å². The smallest absolute Gasteiger partial charge is 0.227 e. The van der Waals surface area contributed by atoms with Crippen LogP contribution in [0.3, 0.4) is 0 Å². The van der Waals surface area contributed by atoms with Gasteiger partial charge in [0.15, 0.2) is 0 Å². The van der Waals surface area contributed by atoms with E-state index in [9.17, 15) is 9.90 Å². The average Bonchev–Trinajstić information content (AvgIpc) is 2.95. The van der Waals surface area contributed by atoms with Crippen molar-refractivity contribution in [3.05, 3.63) is 51.7 Å². The molecule has 1 N–H and O–H groups in total. The SMILES string of the molecule is CN1C(=O)CCc2cc(C(O)Cc3cccs3)ccc21. The van der Waals surface area contributed by atoms with Gasteiger partial charge in [0, 0.05) is 30.5 Å². The maximum atomic E-state index is 11.7. The summed E-state index contributed by atoms with van der Waals surface area (Å²) in [7, 11) is 1.81. The van der Waals surface area contributed by atoms with E-state index in [2.05, 4.69) is 0 Å². The fourth-order valence-corrected chi connectivity index (χ4v) is 3.36. The maximum absolute atomic E-state index is 11.7. The van der Waals surface area contributed by atoms with Crippen LogP contribution in [0.2, 0.25) is 0 Å². The minimum absolute atomic E-state index is 0.157. The third-order valence-electron chi connectivity index (χ3n) is 3.81. The van der Waals surface area contributed by atoms with Gasteiger partial charge in [-0.3, -0.25) is 4.79 Å². The zero-order valence-corrected chi connectivity index (χ0v) is 12.2. The minimum Gasteiger partial charge on any atom is -0.388 e. The molecule has 0 bridgehead atoms. The Morgan fingerprint density at radius 1 is 1.35 bits per heavy atom. The number of carbonyl (C=O) groups is 1. The molecular formula is C16H17NO2S. The summed E-state index contributed by atoms with van der Waals surface area (Å²) in [5.74, 6) is 0.157. The van der Waals surface area contributed by atoms with Gasteiger partial charge in [-0.05, 0) is 35.1 Å². The van der Waals surface area contributed by atoms with Crippen molar-refractivity contribution in [2.75, 3.05) is 11.9 Å². The van der Waals surface area contributed by atoms with Crippen LogP contribution in [0.15, 0.2) is 35.7 Å². The predicted molar refractivity (Wildman–Crippen MR) is 81.2 cm³/mol. The molecule has 20 heavy (non-hydrogen) atoms. The molecule has 2 heterocycles. The Hall–Kier alpha value is -1.65. The summed E-state index contributed by atoms with van der Waals surface area (Å²) in [6.07, 6.45) is 1.47. The third-order valence-corrected chi connectivity index (χ3v) is 4.71. The van der Waals surface area contributed by atoms with Gasteiger partial charge in [0.25, 0.3) is 0 Å². The summed E-state index contributed by atoms with van der Waals surface area (Å²) < 4.78 is 0. The highest BCUT2D eigenvalue weighted by molar-refractivity contribution is 7.09. The molecule has 1 aromatic heterocycles. The molecule has 2 aromatic rings. The number of hydrogen-bond acceptors (Lipinski definition) is 3. The molecule has 1 amide bonds. The van der Waals surface area contributed by atoms with Crippen molar-refractivity contribution in [2.45, 2.75) is 25.4 Å². The van der Waals surface area contributed by atoms with Gasteiger partial charge in [0.2, 0.25) is 5.91 Å². The lowest BCUT2D eigenvalue weighted by atomic mass is 9.96. The Balaban J connectivity index is 1.83. The van der Waals surface area contributed by atoms with Crippen molar-refractivity contribution in [1.29, 1.82) is 0 Å². The quantitative estimate of drug-likeness (QED) is 0.943. The highest BCUT2D eigenvalue weighted by Crippen LogP contribution is 2.30. The molecule has 4 heteroatoms. The summed E-state index contributed by atoms with van der Waals surface area (Å²) in [4.78, 5) is 14.6. The molecule has 3 nitrogen and oxygen atoms in total. The average molecular weight is 287 g/mol. The number of anilines is 1. The van der Waals surface area contributed by atoms with Crippen molar-refractivity contribution >= 4 is 22.9 Å². The molecule has 0 saturated carbocycles. The van der Waals surface area contributed by atoms with Crippen molar-refractivity contribution in [3.63, 3.8) is 0 Å². The number of aliphatic hydroxyl groups is 1. The summed E-state index contributed by atoms with van der Waals surface area (Å²) in [6, 6.07) is 9.95. The highest BCUT2D eigenvalue weighted by Gasteiger charge is 2.21. The van der Waals surface area contributed by atoms with E-state index < -0.39 is 6.10 Å². The number of thiophene rings is 1. The first kappa shape index (κ1) is 13.3. The van der Waals surface area contributed by atoms with Crippen LogP contribution in [0, 0.1) is 0 Å². The van der Waals surface area contributed by atoms with Gasteiger partial charge >= 0.3 is 0 Å². The predicted octanol–water partition coefficient (Wildman–Crippen LogP) is 2.93. The number of nitrogens with zero attached hydrogens (tertiary/aromatic N) is 1. The van der Waals surface area contributed by atoms with Crippen LogP contribution in [0.4, 0.5) is 5.69 Å². The van der Waals surface area contributed by atoms with Gasteiger partial charge in [-0.15, -0.1) is 11.3 Å². The molecule has 3 rings (SSSR count). The van der Waals surface area contributed by atoms with Gasteiger partial charge < -0.3 is 10.0 Å². The molecule has 0 radical (unpaired) electrons. The topological polar surface area (TPSA) is 40.5 Å².